The Balaban J connectivity index is 2.29. The molecule has 2 rings (SSSR count). The second-order valence-corrected chi connectivity index (χ2v) is 5.55. The van der Waals surface area contributed by atoms with E-state index < -0.39 is 0 Å². The van der Waals surface area contributed by atoms with Crippen LogP contribution in [0.25, 0.3) is 0 Å². The summed E-state index contributed by atoms with van der Waals surface area (Å²) < 4.78 is 16.0. The zero-order valence-corrected chi connectivity index (χ0v) is 13.6. The summed E-state index contributed by atoms with van der Waals surface area (Å²) in [7, 11) is 6.42. The Hall–Kier alpha value is -1.95. The van der Waals surface area contributed by atoms with Crippen molar-refractivity contribution in [2.75, 3.05) is 33.3 Å². The molecule has 1 amide bonds. The van der Waals surface area contributed by atoms with Crippen LogP contribution in [0.2, 0.25) is 0 Å². The van der Waals surface area contributed by atoms with E-state index in [9.17, 15) is 4.79 Å². The van der Waals surface area contributed by atoms with Crippen LogP contribution in [0.5, 0.6) is 17.2 Å². The first-order chi connectivity index (χ1) is 10.5. The van der Waals surface area contributed by atoms with Gasteiger partial charge >= 0.3 is 0 Å². The van der Waals surface area contributed by atoms with Gasteiger partial charge in [0, 0.05) is 31.1 Å². The molecule has 22 heavy (non-hydrogen) atoms. The second-order valence-electron chi connectivity index (χ2n) is 5.55. The topological polar surface area (TPSA) is 74.0 Å². The number of ether oxygens (including phenoxy) is 3. The third-order valence-electron chi connectivity index (χ3n) is 4.19. The van der Waals surface area contributed by atoms with E-state index in [1.807, 2.05) is 0 Å². The van der Waals surface area contributed by atoms with Gasteiger partial charge in [-0.05, 0) is 19.3 Å². The van der Waals surface area contributed by atoms with Gasteiger partial charge in [0.25, 0.3) is 0 Å². The Bertz CT molecular complexity index is 522. The van der Waals surface area contributed by atoms with Gasteiger partial charge in [-0.2, -0.15) is 0 Å². The molecule has 1 aromatic carbocycles. The molecule has 0 heterocycles. The maximum atomic E-state index is 12.6. The van der Waals surface area contributed by atoms with Crippen molar-refractivity contribution in [3.63, 3.8) is 0 Å². The number of carbonyl (C=O) groups is 1. The van der Waals surface area contributed by atoms with Gasteiger partial charge in [-0.25, -0.2) is 0 Å². The Morgan fingerprint density at radius 2 is 1.73 bits per heavy atom. The lowest BCUT2D eigenvalue weighted by atomic mass is 10.1. The van der Waals surface area contributed by atoms with Gasteiger partial charge in [-0.15, -0.1) is 0 Å². The standard InChI is InChI=1S/C16H24N2O4/c1-18(16(19)10-5-6-11(17)7-10)12-8-13(20-2)15(22-4)14(9-12)21-3/h8-11H,5-7,17H2,1-4H3. The van der Waals surface area contributed by atoms with Crippen molar-refractivity contribution < 1.29 is 19.0 Å². The Kier molecular flexibility index (Phi) is 5.13. The highest BCUT2D eigenvalue weighted by Gasteiger charge is 2.31. The number of benzene rings is 1. The fraction of sp³-hybridized carbons (Fsp3) is 0.562. The molecule has 0 spiro atoms. The van der Waals surface area contributed by atoms with Crippen LogP contribution >= 0.6 is 0 Å². The highest BCUT2D eigenvalue weighted by atomic mass is 16.5. The third kappa shape index (κ3) is 3.11. The van der Waals surface area contributed by atoms with E-state index in [2.05, 4.69) is 0 Å². The molecule has 1 aliphatic carbocycles. The van der Waals surface area contributed by atoms with Crippen LogP contribution in [0, 0.1) is 5.92 Å². The quantitative estimate of drug-likeness (QED) is 0.898. The first kappa shape index (κ1) is 16.4. The highest BCUT2D eigenvalue weighted by molar-refractivity contribution is 5.95. The third-order valence-corrected chi connectivity index (χ3v) is 4.19. The van der Waals surface area contributed by atoms with E-state index in [1.54, 1.807) is 45.4 Å². The van der Waals surface area contributed by atoms with E-state index in [1.165, 1.54) is 0 Å². The summed E-state index contributed by atoms with van der Waals surface area (Å²) in [6.07, 6.45) is 2.49. The van der Waals surface area contributed by atoms with Crippen molar-refractivity contribution in [2.24, 2.45) is 11.7 Å². The average Bonchev–Trinajstić information content (AvgIpc) is 2.98. The van der Waals surface area contributed by atoms with Gasteiger partial charge in [-0.1, -0.05) is 0 Å². The van der Waals surface area contributed by atoms with Gasteiger partial charge in [0.05, 0.1) is 27.0 Å². The summed E-state index contributed by atoms with van der Waals surface area (Å²) in [5, 5.41) is 0. The Morgan fingerprint density at radius 1 is 1.14 bits per heavy atom. The van der Waals surface area contributed by atoms with E-state index in [-0.39, 0.29) is 17.9 Å². The smallest absolute Gasteiger partial charge is 0.229 e. The fourth-order valence-corrected chi connectivity index (χ4v) is 2.90. The number of nitrogens with zero attached hydrogens (tertiary/aromatic N) is 1. The number of methoxy groups -OCH3 is 3. The van der Waals surface area contributed by atoms with Crippen molar-refractivity contribution in [3.8, 4) is 17.2 Å². The van der Waals surface area contributed by atoms with Crippen molar-refractivity contribution >= 4 is 11.6 Å². The van der Waals surface area contributed by atoms with E-state index >= 15 is 0 Å². The molecular weight excluding hydrogens is 284 g/mol. The fourth-order valence-electron chi connectivity index (χ4n) is 2.90. The maximum absolute atomic E-state index is 12.6. The average molecular weight is 308 g/mol. The van der Waals surface area contributed by atoms with E-state index in [0.717, 1.165) is 19.3 Å². The molecule has 6 nitrogen and oxygen atoms in total. The number of hydrogen-bond acceptors (Lipinski definition) is 5. The monoisotopic (exact) mass is 308 g/mol. The summed E-state index contributed by atoms with van der Waals surface area (Å²) in [4.78, 5) is 14.2. The lowest BCUT2D eigenvalue weighted by Gasteiger charge is -2.23. The number of hydrogen-bond donors (Lipinski definition) is 1. The molecule has 0 aromatic heterocycles. The zero-order valence-electron chi connectivity index (χ0n) is 13.6. The molecule has 6 heteroatoms. The van der Waals surface area contributed by atoms with Gasteiger partial charge in [-0.3, -0.25) is 4.79 Å². The Morgan fingerprint density at radius 3 is 2.14 bits per heavy atom. The molecule has 2 unspecified atom stereocenters. The number of amides is 1. The summed E-state index contributed by atoms with van der Waals surface area (Å²) in [6.45, 7) is 0. The zero-order chi connectivity index (χ0) is 16.3. The minimum absolute atomic E-state index is 0.0147. The predicted molar refractivity (Wildman–Crippen MR) is 84.8 cm³/mol. The summed E-state index contributed by atoms with van der Waals surface area (Å²) in [6, 6.07) is 3.67. The lowest BCUT2D eigenvalue weighted by molar-refractivity contribution is -0.121. The van der Waals surface area contributed by atoms with Crippen LogP contribution in [-0.4, -0.2) is 40.3 Å². The van der Waals surface area contributed by atoms with Crippen molar-refractivity contribution in [1.29, 1.82) is 0 Å². The van der Waals surface area contributed by atoms with Gasteiger partial charge in [0.1, 0.15) is 0 Å². The molecule has 1 fully saturated rings. The van der Waals surface area contributed by atoms with Gasteiger partial charge in [0.2, 0.25) is 11.7 Å². The summed E-state index contributed by atoms with van der Waals surface area (Å²) in [5.74, 6) is 1.62. The molecule has 0 bridgehead atoms. The van der Waals surface area contributed by atoms with E-state index in [0.29, 0.717) is 22.9 Å². The molecular formula is C16H24N2O4. The molecule has 1 aliphatic rings. The first-order valence-corrected chi connectivity index (χ1v) is 7.35. The molecule has 1 saturated carbocycles. The number of carbonyl (C=O) groups excluding carboxylic acids is 1. The number of anilines is 1. The second kappa shape index (κ2) is 6.87. The molecule has 0 aliphatic heterocycles. The minimum atomic E-state index is -0.0147. The van der Waals surface area contributed by atoms with Crippen LogP contribution < -0.4 is 24.8 Å². The van der Waals surface area contributed by atoms with E-state index in [4.69, 9.17) is 19.9 Å². The number of nitrogens with two attached hydrogens (primary N) is 1. The number of rotatable bonds is 5. The normalized spacial score (nSPS) is 20.6. The maximum Gasteiger partial charge on any atom is 0.229 e. The van der Waals surface area contributed by atoms with Crippen molar-refractivity contribution in [3.05, 3.63) is 12.1 Å². The molecule has 2 atom stereocenters. The minimum Gasteiger partial charge on any atom is -0.493 e. The molecule has 1 aromatic rings. The molecule has 2 N–H and O–H groups in total. The van der Waals surface area contributed by atoms with Gasteiger partial charge in [0.15, 0.2) is 11.5 Å². The van der Waals surface area contributed by atoms with Crippen molar-refractivity contribution in [1.82, 2.24) is 0 Å². The predicted octanol–water partition coefficient (Wildman–Crippen LogP) is 1.80. The molecule has 0 radical (unpaired) electrons. The Labute approximate surface area is 131 Å². The van der Waals surface area contributed by atoms with Crippen LogP contribution in [0.4, 0.5) is 5.69 Å². The summed E-state index contributed by atoms with van der Waals surface area (Å²) in [5.41, 5.74) is 6.61. The van der Waals surface area contributed by atoms with Crippen LogP contribution in [-0.2, 0) is 4.79 Å². The molecule has 122 valence electrons. The lowest BCUT2D eigenvalue weighted by Crippen LogP contribution is -2.32. The van der Waals surface area contributed by atoms with Crippen LogP contribution in [0.3, 0.4) is 0 Å². The first-order valence-electron chi connectivity index (χ1n) is 7.35. The van der Waals surface area contributed by atoms with Gasteiger partial charge < -0.3 is 24.8 Å². The SMILES string of the molecule is COc1cc(N(C)C(=O)C2CCC(N)C2)cc(OC)c1OC. The highest BCUT2D eigenvalue weighted by Crippen LogP contribution is 2.41. The van der Waals surface area contributed by atoms with Crippen molar-refractivity contribution in [2.45, 2.75) is 25.3 Å². The molecule has 0 saturated heterocycles. The van der Waals surface area contributed by atoms with Crippen LogP contribution in [0.15, 0.2) is 12.1 Å². The largest absolute Gasteiger partial charge is 0.493 e. The van der Waals surface area contributed by atoms with Crippen LogP contribution in [0.1, 0.15) is 19.3 Å². The summed E-state index contributed by atoms with van der Waals surface area (Å²) >= 11 is 0.